The van der Waals surface area contributed by atoms with Crippen LogP contribution in [0.2, 0.25) is 0 Å². The lowest BCUT2D eigenvalue weighted by Crippen LogP contribution is -2.22. The summed E-state index contributed by atoms with van der Waals surface area (Å²) in [5.41, 5.74) is 5.09. The van der Waals surface area contributed by atoms with Crippen molar-refractivity contribution in [3.05, 3.63) is 71.4 Å². The summed E-state index contributed by atoms with van der Waals surface area (Å²) in [6.45, 7) is 6.28. The van der Waals surface area contributed by atoms with Crippen LogP contribution in [0, 0.1) is 13.8 Å². The second-order valence-corrected chi connectivity index (χ2v) is 7.80. The molecule has 1 amide bonds. The van der Waals surface area contributed by atoms with Crippen LogP contribution < -0.4 is 10.3 Å². The van der Waals surface area contributed by atoms with Gasteiger partial charge in [0, 0.05) is 24.7 Å². The number of hydrazone groups is 1. The highest BCUT2D eigenvalue weighted by Gasteiger charge is 2.16. The molecule has 0 radical (unpaired) electrons. The zero-order chi connectivity index (χ0) is 22.7. The number of hydrogen-bond donors (Lipinski definition) is 1. The van der Waals surface area contributed by atoms with Crippen molar-refractivity contribution in [3.8, 4) is 5.69 Å². The Labute approximate surface area is 186 Å². The molecule has 4 rings (SSSR count). The largest absolute Gasteiger partial charge is 0.452 e. The normalized spacial score (nSPS) is 13.1. The summed E-state index contributed by atoms with van der Waals surface area (Å²) >= 11 is 0. The van der Waals surface area contributed by atoms with Crippen LogP contribution in [0.25, 0.3) is 5.69 Å². The molecular formula is C24H25N5O3. The van der Waals surface area contributed by atoms with E-state index in [1.54, 1.807) is 22.9 Å². The molecule has 1 aliphatic heterocycles. The molecule has 0 atom stereocenters. The Hall–Kier alpha value is -3.94. The minimum Gasteiger partial charge on any atom is -0.452 e. The third-order valence-electron chi connectivity index (χ3n) is 5.09. The van der Waals surface area contributed by atoms with Crippen LogP contribution in [0.15, 0.2) is 59.7 Å². The van der Waals surface area contributed by atoms with E-state index in [0.717, 1.165) is 41.3 Å². The molecule has 2 heterocycles. The van der Waals surface area contributed by atoms with Gasteiger partial charge in [-0.3, -0.25) is 9.80 Å². The molecule has 8 heteroatoms. The third-order valence-corrected chi connectivity index (χ3v) is 5.09. The number of anilines is 2. The van der Waals surface area contributed by atoms with Crippen molar-refractivity contribution >= 4 is 29.1 Å². The van der Waals surface area contributed by atoms with Gasteiger partial charge in [0.25, 0.3) is 5.91 Å². The number of ether oxygens (including phenoxy) is 1. The van der Waals surface area contributed by atoms with E-state index < -0.39 is 18.5 Å². The number of carbonyl (C=O) groups excluding carboxylic acids is 2. The zero-order valence-electron chi connectivity index (χ0n) is 18.3. The van der Waals surface area contributed by atoms with Crippen LogP contribution in [-0.4, -0.2) is 40.5 Å². The van der Waals surface area contributed by atoms with Gasteiger partial charge < -0.3 is 10.1 Å². The van der Waals surface area contributed by atoms with Crippen LogP contribution in [0.1, 0.15) is 35.0 Å². The van der Waals surface area contributed by atoms with Crippen LogP contribution >= 0.6 is 0 Å². The molecular weight excluding hydrogens is 406 g/mol. The summed E-state index contributed by atoms with van der Waals surface area (Å²) in [6.07, 6.45) is 0.932. The smallest absolute Gasteiger partial charge is 0.338 e. The molecule has 0 aliphatic carbocycles. The molecule has 0 fully saturated rings. The Morgan fingerprint density at radius 2 is 1.69 bits per heavy atom. The van der Waals surface area contributed by atoms with E-state index in [1.165, 1.54) is 0 Å². The molecule has 1 aliphatic rings. The topological polar surface area (TPSA) is 88.8 Å². The van der Waals surface area contributed by atoms with E-state index in [4.69, 9.17) is 4.74 Å². The fourth-order valence-electron chi connectivity index (χ4n) is 3.39. The summed E-state index contributed by atoms with van der Waals surface area (Å²) in [7, 11) is 0. The summed E-state index contributed by atoms with van der Waals surface area (Å²) in [4.78, 5) is 24.8. The summed E-state index contributed by atoms with van der Waals surface area (Å²) in [5, 5.41) is 13.5. The predicted octanol–water partition coefficient (Wildman–Crippen LogP) is 3.87. The number of rotatable bonds is 6. The lowest BCUT2D eigenvalue weighted by molar-refractivity contribution is -0.119. The van der Waals surface area contributed by atoms with Crippen molar-refractivity contribution < 1.29 is 14.3 Å². The lowest BCUT2D eigenvalue weighted by Gasteiger charge is -2.14. The second kappa shape index (κ2) is 9.05. The third kappa shape index (κ3) is 4.85. The van der Waals surface area contributed by atoms with E-state index in [1.807, 2.05) is 62.2 Å². The maximum Gasteiger partial charge on any atom is 0.338 e. The maximum atomic E-state index is 12.4. The van der Waals surface area contributed by atoms with E-state index in [0.29, 0.717) is 11.4 Å². The van der Waals surface area contributed by atoms with Crippen molar-refractivity contribution in [2.45, 2.75) is 27.2 Å². The first-order valence-electron chi connectivity index (χ1n) is 10.4. The zero-order valence-corrected chi connectivity index (χ0v) is 18.3. The van der Waals surface area contributed by atoms with Gasteiger partial charge in [0.15, 0.2) is 6.61 Å². The van der Waals surface area contributed by atoms with Crippen LogP contribution in [0.5, 0.6) is 0 Å². The Kier molecular flexibility index (Phi) is 6.02. The van der Waals surface area contributed by atoms with E-state index in [2.05, 4.69) is 15.5 Å². The highest BCUT2D eigenvalue weighted by molar-refractivity contribution is 5.95. The highest BCUT2D eigenvalue weighted by atomic mass is 16.5. The van der Waals surface area contributed by atoms with Gasteiger partial charge in [0.1, 0.15) is 5.82 Å². The summed E-state index contributed by atoms with van der Waals surface area (Å²) in [5.74, 6) is -0.487. The van der Waals surface area contributed by atoms with Gasteiger partial charge >= 0.3 is 5.97 Å². The van der Waals surface area contributed by atoms with Crippen molar-refractivity contribution in [1.29, 1.82) is 0 Å². The van der Waals surface area contributed by atoms with Gasteiger partial charge in [-0.05, 0) is 57.2 Å². The molecule has 0 saturated heterocycles. The molecule has 0 unspecified atom stereocenters. The van der Waals surface area contributed by atoms with Gasteiger partial charge in [-0.2, -0.15) is 10.2 Å². The second-order valence-electron chi connectivity index (χ2n) is 7.80. The molecule has 32 heavy (non-hydrogen) atoms. The molecule has 164 valence electrons. The van der Waals surface area contributed by atoms with E-state index in [9.17, 15) is 9.59 Å². The van der Waals surface area contributed by atoms with E-state index in [-0.39, 0.29) is 0 Å². The first-order chi connectivity index (χ1) is 15.4. The minimum absolute atomic E-state index is 0.377. The minimum atomic E-state index is -0.559. The fourth-order valence-corrected chi connectivity index (χ4v) is 3.39. The van der Waals surface area contributed by atoms with Crippen molar-refractivity contribution in [1.82, 2.24) is 9.78 Å². The Morgan fingerprint density at radius 1 is 1.00 bits per heavy atom. The van der Waals surface area contributed by atoms with Crippen LogP contribution in [-0.2, 0) is 9.53 Å². The number of aromatic nitrogens is 2. The number of hydrogen-bond acceptors (Lipinski definition) is 6. The van der Waals surface area contributed by atoms with Crippen molar-refractivity contribution in [3.63, 3.8) is 0 Å². The van der Waals surface area contributed by atoms with Crippen molar-refractivity contribution in [2.75, 3.05) is 23.5 Å². The highest BCUT2D eigenvalue weighted by Crippen LogP contribution is 2.20. The van der Waals surface area contributed by atoms with Gasteiger partial charge in [-0.15, -0.1) is 0 Å². The Balaban J connectivity index is 1.35. The summed E-state index contributed by atoms with van der Waals surface area (Å²) < 4.78 is 6.84. The maximum absolute atomic E-state index is 12.4. The van der Waals surface area contributed by atoms with Gasteiger partial charge in [0.2, 0.25) is 0 Å². The van der Waals surface area contributed by atoms with Crippen LogP contribution in [0.4, 0.5) is 11.5 Å². The Bertz CT molecular complexity index is 1160. The molecule has 2 aromatic carbocycles. The predicted molar refractivity (Wildman–Crippen MR) is 123 cm³/mol. The average molecular weight is 431 g/mol. The molecule has 0 saturated carbocycles. The van der Waals surface area contributed by atoms with Crippen LogP contribution in [0.3, 0.4) is 0 Å². The number of amides is 1. The monoisotopic (exact) mass is 431 g/mol. The number of nitrogens with zero attached hydrogens (tertiary/aromatic N) is 4. The lowest BCUT2D eigenvalue weighted by atomic mass is 10.2. The molecule has 1 aromatic heterocycles. The fraction of sp³-hybridized carbons (Fsp3) is 0.250. The number of benzene rings is 2. The molecule has 8 nitrogen and oxygen atoms in total. The molecule has 0 bridgehead atoms. The first kappa shape index (κ1) is 21.3. The molecule has 3 aromatic rings. The van der Waals surface area contributed by atoms with Gasteiger partial charge in [-0.25, -0.2) is 9.48 Å². The van der Waals surface area contributed by atoms with Gasteiger partial charge in [0.05, 0.1) is 22.6 Å². The first-order valence-corrected chi connectivity index (χ1v) is 10.4. The molecule has 0 spiro atoms. The number of esters is 1. The van der Waals surface area contributed by atoms with E-state index >= 15 is 0 Å². The number of nitrogens with one attached hydrogen (secondary N) is 1. The molecule has 1 N–H and O–H groups in total. The number of carbonyl (C=O) groups is 2. The quantitative estimate of drug-likeness (QED) is 0.599. The average Bonchev–Trinajstić information content (AvgIpc) is 3.38. The van der Waals surface area contributed by atoms with Crippen molar-refractivity contribution in [2.24, 2.45) is 5.10 Å². The standard InChI is InChI=1S/C24H25N5O3/c1-16-4-8-21(9-5-16)29-22(14-18(3)27-29)25-23(30)15-32-24(31)19-6-10-20(11-7-19)28-13-12-17(2)26-28/h4-11,14H,12-13,15H2,1-3H3,(H,25,30). The number of aryl methyl sites for hydroxylation is 2. The summed E-state index contributed by atoms with van der Waals surface area (Å²) in [6, 6.07) is 16.6. The SMILES string of the molecule is CC1=NN(c2ccc(C(=O)OCC(=O)Nc3cc(C)nn3-c3ccc(C)cc3)cc2)CC1. The Morgan fingerprint density at radius 3 is 2.34 bits per heavy atom. The van der Waals surface area contributed by atoms with Gasteiger partial charge in [-0.1, -0.05) is 17.7 Å².